The van der Waals surface area contributed by atoms with Crippen molar-refractivity contribution < 1.29 is 4.79 Å². The maximum absolute atomic E-state index is 11.7. The summed E-state index contributed by atoms with van der Waals surface area (Å²) < 4.78 is 0. The molecule has 0 aromatic heterocycles. The van der Waals surface area contributed by atoms with Gasteiger partial charge >= 0.3 is 6.03 Å². The third-order valence-corrected chi connectivity index (χ3v) is 3.07. The van der Waals surface area contributed by atoms with Gasteiger partial charge in [-0.25, -0.2) is 4.79 Å². The van der Waals surface area contributed by atoms with Gasteiger partial charge in [0.15, 0.2) is 0 Å². The molecule has 1 rings (SSSR count). The van der Waals surface area contributed by atoms with Gasteiger partial charge in [0.25, 0.3) is 0 Å². The number of hydrogen-bond donors (Lipinski definition) is 1. The van der Waals surface area contributed by atoms with Crippen molar-refractivity contribution >= 4 is 6.03 Å². The Bertz CT molecular complexity index is 240. The Kier molecular flexibility index (Phi) is 4.66. The average molecular weight is 210 g/mol. The Morgan fingerprint density at radius 2 is 2.07 bits per heavy atom. The number of hydrogen-bond acceptors (Lipinski definition) is 1. The fourth-order valence-electron chi connectivity index (χ4n) is 1.59. The van der Waals surface area contributed by atoms with Gasteiger partial charge in [-0.1, -0.05) is 19.4 Å². The highest BCUT2D eigenvalue weighted by atomic mass is 16.2. The first-order valence-electron chi connectivity index (χ1n) is 5.84. The van der Waals surface area contributed by atoms with Crippen LogP contribution in [0, 0.1) is 5.92 Å². The molecule has 1 saturated heterocycles. The molecule has 3 heteroatoms. The molecule has 0 aromatic rings. The summed E-state index contributed by atoms with van der Waals surface area (Å²) in [4.78, 5) is 13.6. The number of nitrogens with one attached hydrogen (secondary N) is 1. The fourth-order valence-corrected chi connectivity index (χ4v) is 1.59. The van der Waals surface area contributed by atoms with Crippen molar-refractivity contribution in [2.45, 2.75) is 40.0 Å². The summed E-state index contributed by atoms with van der Waals surface area (Å²) >= 11 is 0. The van der Waals surface area contributed by atoms with Crippen LogP contribution in [-0.4, -0.2) is 24.0 Å². The lowest BCUT2D eigenvalue weighted by Crippen LogP contribution is -2.42. The predicted octanol–water partition coefficient (Wildman–Crippen LogP) is 2.74. The van der Waals surface area contributed by atoms with Crippen LogP contribution < -0.4 is 5.32 Å². The van der Waals surface area contributed by atoms with Crippen LogP contribution in [0.4, 0.5) is 4.79 Å². The van der Waals surface area contributed by atoms with Crippen molar-refractivity contribution in [3.63, 3.8) is 0 Å². The van der Waals surface area contributed by atoms with Gasteiger partial charge in [-0.05, 0) is 32.1 Å². The fraction of sp³-hybridized carbons (Fsp3) is 0.750. The number of carbonyl (C=O) groups excluding carboxylic acids is 1. The minimum Gasteiger partial charge on any atom is -0.325 e. The molecule has 0 radical (unpaired) electrons. The third kappa shape index (κ3) is 3.94. The van der Waals surface area contributed by atoms with Crippen molar-refractivity contribution in [2.75, 3.05) is 13.1 Å². The zero-order chi connectivity index (χ0) is 11.3. The second-order valence-electron chi connectivity index (χ2n) is 4.46. The summed E-state index contributed by atoms with van der Waals surface area (Å²) in [5, 5.41) is 2.84. The second kappa shape index (κ2) is 5.79. The minimum absolute atomic E-state index is 0.0506. The number of nitrogens with zero attached hydrogens (tertiary/aromatic N) is 1. The summed E-state index contributed by atoms with van der Waals surface area (Å²) in [6, 6.07) is 0.0506. The van der Waals surface area contributed by atoms with Crippen LogP contribution in [0.2, 0.25) is 0 Å². The van der Waals surface area contributed by atoms with Crippen molar-refractivity contribution in [1.29, 1.82) is 0 Å². The molecule has 0 aliphatic carbocycles. The topological polar surface area (TPSA) is 32.3 Å². The van der Waals surface area contributed by atoms with E-state index >= 15 is 0 Å². The molecule has 1 heterocycles. The molecular weight excluding hydrogens is 188 g/mol. The second-order valence-corrected chi connectivity index (χ2v) is 4.46. The van der Waals surface area contributed by atoms with Gasteiger partial charge < -0.3 is 10.2 Å². The van der Waals surface area contributed by atoms with Crippen LogP contribution in [0.3, 0.4) is 0 Å². The highest BCUT2D eigenvalue weighted by molar-refractivity contribution is 5.75. The van der Waals surface area contributed by atoms with Crippen molar-refractivity contribution in [1.82, 2.24) is 10.2 Å². The molecule has 0 unspecified atom stereocenters. The predicted molar refractivity (Wildman–Crippen MR) is 62.6 cm³/mol. The Labute approximate surface area is 92.5 Å². The highest BCUT2D eigenvalue weighted by Gasteiger charge is 2.19. The molecule has 3 nitrogen and oxygen atoms in total. The molecule has 0 aromatic carbocycles. The molecule has 0 spiro atoms. The molecule has 86 valence electrons. The number of rotatable bonds is 2. The van der Waals surface area contributed by atoms with Crippen LogP contribution >= 0.6 is 0 Å². The van der Waals surface area contributed by atoms with Crippen LogP contribution in [0.5, 0.6) is 0 Å². The van der Waals surface area contributed by atoms with Gasteiger partial charge in [0.05, 0.1) is 0 Å². The van der Waals surface area contributed by atoms with Crippen molar-refractivity contribution in [3.8, 4) is 0 Å². The Morgan fingerprint density at radius 1 is 1.47 bits per heavy atom. The number of urea groups is 1. The van der Waals surface area contributed by atoms with Gasteiger partial charge in [-0.15, -0.1) is 0 Å². The molecule has 0 bridgehead atoms. The Morgan fingerprint density at radius 3 is 2.60 bits per heavy atom. The largest absolute Gasteiger partial charge is 0.325 e. The maximum atomic E-state index is 11.7. The zero-order valence-electron chi connectivity index (χ0n) is 10.0. The molecule has 0 atom stereocenters. The van der Waals surface area contributed by atoms with Crippen LogP contribution in [-0.2, 0) is 0 Å². The first-order valence-corrected chi connectivity index (χ1v) is 5.84. The molecule has 0 saturated carbocycles. The van der Waals surface area contributed by atoms with E-state index in [-0.39, 0.29) is 6.03 Å². The summed E-state index contributed by atoms with van der Waals surface area (Å²) in [6.07, 6.45) is 5.06. The zero-order valence-corrected chi connectivity index (χ0v) is 10.0. The number of piperidine rings is 1. The number of amides is 2. The number of likely N-dealkylation sites (tertiary alicyclic amines) is 1. The molecule has 1 aliphatic heterocycles. The quantitative estimate of drug-likeness (QED) is 0.746. The van der Waals surface area contributed by atoms with E-state index in [4.69, 9.17) is 0 Å². The SMILES string of the molecule is CC/C(C)=C/NC(=O)N1CCC(C)CC1. The normalized spacial score (nSPS) is 19.1. The molecule has 1 N–H and O–H groups in total. The van der Waals surface area contributed by atoms with E-state index in [9.17, 15) is 4.79 Å². The van der Waals surface area contributed by atoms with E-state index in [0.717, 1.165) is 38.3 Å². The summed E-state index contributed by atoms with van der Waals surface area (Å²) in [7, 11) is 0. The van der Waals surface area contributed by atoms with Crippen LogP contribution in [0.15, 0.2) is 11.8 Å². The van der Waals surface area contributed by atoms with E-state index in [1.807, 2.05) is 18.0 Å². The molecule has 1 aliphatic rings. The van der Waals surface area contributed by atoms with Gasteiger partial charge in [-0.2, -0.15) is 0 Å². The van der Waals surface area contributed by atoms with Crippen LogP contribution in [0.25, 0.3) is 0 Å². The van der Waals surface area contributed by atoms with Gasteiger partial charge in [-0.3, -0.25) is 0 Å². The van der Waals surface area contributed by atoms with Gasteiger partial charge in [0, 0.05) is 19.3 Å². The molecular formula is C12H22N2O. The number of carbonyl (C=O) groups is 1. The monoisotopic (exact) mass is 210 g/mol. The lowest BCUT2D eigenvalue weighted by molar-refractivity contribution is 0.177. The number of allylic oxidation sites excluding steroid dienone is 1. The van der Waals surface area contributed by atoms with Crippen molar-refractivity contribution in [2.24, 2.45) is 5.92 Å². The third-order valence-electron chi connectivity index (χ3n) is 3.07. The maximum Gasteiger partial charge on any atom is 0.321 e. The Balaban J connectivity index is 2.34. The first-order chi connectivity index (χ1) is 7.13. The molecule has 1 fully saturated rings. The summed E-state index contributed by atoms with van der Waals surface area (Å²) in [5.74, 6) is 0.766. The molecule has 15 heavy (non-hydrogen) atoms. The lowest BCUT2D eigenvalue weighted by Gasteiger charge is -2.29. The standard InChI is InChI=1S/C12H22N2O/c1-4-10(2)9-13-12(15)14-7-5-11(3)6-8-14/h9,11H,4-8H2,1-3H3,(H,13,15)/b10-9+. The Hall–Kier alpha value is -0.990. The smallest absolute Gasteiger partial charge is 0.321 e. The van der Waals surface area contributed by atoms with E-state index < -0.39 is 0 Å². The van der Waals surface area contributed by atoms with Gasteiger partial charge in [0.2, 0.25) is 0 Å². The minimum atomic E-state index is 0.0506. The lowest BCUT2D eigenvalue weighted by atomic mass is 10.00. The van der Waals surface area contributed by atoms with E-state index in [0.29, 0.717) is 0 Å². The van der Waals surface area contributed by atoms with Crippen LogP contribution in [0.1, 0.15) is 40.0 Å². The van der Waals surface area contributed by atoms with E-state index in [1.165, 1.54) is 5.57 Å². The first kappa shape index (κ1) is 12.1. The van der Waals surface area contributed by atoms with Crippen molar-refractivity contribution in [3.05, 3.63) is 11.8 Å². The van der Waals surface area contributed by atoms with E-state index in [1.54, 1.807) is 0 Å². The highest BCUT2D eigenvalue weighted by Crippen LogP contribution is 2.15. The van der Waals surface area contributed by atoms with Gasteiger partial charge in [0.1, 0.15) is 0 Å². The summed E-state index contributed by atoms with van der Waals surface area (Å²) in [6.45, 7) is 8.15. The average Bonchev–Trinajstić information content (AvgIpc) is 2.26. The molecule has 2 amide bonds. The van der Waals surface area contributed by atoms with E-state index in [2.05, 4.69) is 19.2 Å². The summed E-state index contributed by atoms with van der Waals surface area (Å²) in [5.41, 5.74) is 1.20.